The van der Waals surface area contributed by atoms with Gasteiger partial charge in [0, 0.05) is 0 Å². The van der Waals surface area contributed by atoms with E-state index in [1.165, 1.54) is 69.1 Å². The molecule has 0 aliphatic heterocycles. The van der Waals surface area contributed by atoms with Crippen molar-refractivity contribution in [1.82, 2.24) is 0 Å². The van der Waals surface area contributed by atoms with Gasteiger partial charge in [0.2, 0.25) is 0 Å². The van der Waals surface area contributed by atoms with Crippen LogP contribution in [0.15, 0.2) is 42.5 Å². The number of carbonyl (C=O) groups is 1. The smallest absolute Gasteiger partial charge is 0.255 e. The van der Waals surface area contributed by atoms with E-state index >= 15 is 0 Å². The first kappa shape index (κ1) is 20.6. The Bertz CT molecular complexity index is 694. The summed E-state index contributed by atoms with van der Waals surface area (Å²) in [6, 6.07) is 12.8. The van der Waals surface area contributed by atoms with Crippen LogP contribution in [-0.2, 0) is 6.42 Å². The van der Waals surface area contributed by atoms with Gasteiger partial charge < -0.3 is 0 Å². The van der Waals surface area contributed by atoms with Gasteiger partial charge >= 0.3 is 0 Å². The number of hydrogen-bond donors (Lipinski definition) is 0. The molecular weight excluding hydrogens is 347 g/mol. The monoisotopic (exact) mass is 374 g/mol. The summed E-state index contributed by atoms with van der Waals surface area (Å²) in [7, 11) is 0. The molecule has 0 aliphatic rings. The van der Waals surface area contributed by atoms with Crippen molar-refractivity contribution in [2.24, 2.45) is 0 Å². The Morgan fingerprint density at radius 1 is 0.846 bits per heavy atom. The second-order valence-corrected chi connectivity index (χ2v) is 7.23. The Balaban J connectivity index is 1.79. The fourth-order valence-corrected chi connectivity index (χ4v) is 3.33. The molecule has 140 valence electrons. The maximum absolute atomic E-state index is 13.9. The Morgan fingerprint density at radius 2 is 1.42 bits per heavy atom. The van der Waals surface area contributed by atoms with E-state index in [1.54, 1.807) is 6.07 Å². The van der Waals surface area contributed by atoms with E-state index < -0.39 is 11.1 Å². The molecule has 1 nitrogen and oxygen atoms in total. The Morgan fingerprint density at radius 3 is 2.00 bits per heavy atom. The number of hydrogen-bond acceptors (Lipinski definition) is 1. The van der Waals surface area contributed by atoms with Crippen LogP contribution in [0.3, 0.4) is 0 Å². The highest BCUT2D eigenvalue weighted by molar-refractivity contribution is 6.67. The molecule has 0 N–H and O–H groups in total. The van der Waals surface area contributed by atoms with Crippen molar-refractivity contribution >= 4 is 16.8 Å². The average molecular weight is 375 g/mol. The number of rotatable bonds is 11. The lowest BCUT2D eigenvalue weighted by atomic mass is 10.00. The molecule has 0 unspecified atom stereocenters. The summed E-state index contributed by atoms with van der Waals surface area (Å²) in [6.07, 6.45) is 11.7. The van der Waals surface area contributed by atoms with Crippen LogP contribution in [0, 0.1) is 5.82 Å². The summed E-state index contributed by atoms with van der Waals surface area (Å²) in [6.45, 7) is 2.25. The number of unbranched alkanes of at least 4 members (excludes halogenated alkanes) is 7. The van der Waals surface area contributed by atoms with Crippen LogP contribution in [0.5, 0.6) is 0 Å². The predicted molar refractivity (Wildman–Crippen MR) is 108 cm³/mol. The second kappa shape index (κ2) is 11.1. The van der Waals surface area contributed by atoms with Gasteiger partial charge in [-0.05, 0) is 53.3 Å². The van der Waals surface area contributed by atoms with Gasteiger partial charge in [-0.1, -0.05) is 82.2 Å². The van der Waals surface area contributed by atoms with E-state index in [9.17, 15) is 9.18 Å². The summed E-state index contributed by atoms with van der Waals surface area (Å²) < 4.78 is 13.9. The van der Waals surface area contributed by atoms with Crippen molar-refractivity contribution in [2.45, 2.75) is 64.7 Å². The standard InChI is InChI=1S/C23H28ClFO/c1-2-3-4-5-6-7-8-9-10-18-11-13-19(14-12-18)20-15-16-21(23(24)26)22(25)17-20/h11-17H,2-10H2,1H3. The number of aryl methyl sites for hydroxylation is 1. The van der Waals surface area contributed by atoms with Crippen LogP contribution in [0.25, 0.3) is 11.1 Å². The molecule has 0 fully saturated rings. The van der Waals surface area contributed by atoms with Crippen LogP contribution < -0.4 is 0 Å². The molecule has 0 aliphatic carbocycles. The molecule has 0 atom stereocenters. The van der Waals surface area contributed by atoms with Gasteiger partial charge in [-0.3, -0.25) is 4.79 Å². The van der Waals surface area contributed by atoms with Crippen molar-refractivity contribution in [3.05, 3.63) is 59.4 Å². The van der Waals surface area contributed by atoms with Crippen molar-refractivity contribution in [2.75, 3.05) is 0 Å². The fourth-order valence-electron chi connectivity index (χ4n) is 3.18. The zero-order valence-electron chi connectivity index (χ0n) is 15.6. The number of benzene rings is 2. The summed E-state index contributed by atoms with van der Waals surface area (Å²) in [4.78, 5) is 11.1. The number of carbonyl (C=O) groups excluding carboxylic acids is 1. The van der Waals surface area contributed by atoms with E-state index in [1.807, 2.05) is 12.1 Å². The van der Waals surface area contributed by atoms with E-state index in [2.05, 4.69) is 19.1 Å². The highest BCUT2D eigenvalue weighted by atomic mass is 35.5. The molecule has 2 aromatic carbocycles. The zero-order chi connectivity index (χ0) is 18.8. The molecule has 0 bridgehead atoms. The van der Waals surface area contributed by atoms with Gasteiger partial charge in [-0.15, -0.1) is 0 Å². The zero-order valence-corrected chi connectivity index (χ0v) is 16.3. The van der Waals surface area contributed by atoms with Gasteiger partial charge in [0.15, 0.2) is 0 Å². The highest BCUT2D eigenvalue weighted by Crippen LogP contribution is 2.24. The van der Waals surface area contributed by atoms with Crippen LogP contribution in [0.2, 0.25) is 0 Å². The minimum atomic E-state index is -0.769. The predicted octanol–water partition coefficient (Wildman–Crippen LogP) is 7.55. The van der Waals surface area contributed by atoms with Crippen molar-refractivity contribution in [1.29, 1.82) is 0 Å². The molecule has 0 amide bonds. The van der Waals surface area contributed by atoms with Crippen molar-refractivity contribution < 1.29 is 9.18 Å². The molecule has 26 heavy (non-hydrogen) atoms. The molecule has 0 heterocycles. The third-order valence-corrected chi connectivity index (χ3v) is 4.99. The summed E-state index contributed by atoms with van der Waals surface area (Å²) >= 11 is 5.35. The first-order chi connectivity index (χ1) is 12.6. The van der Waals surface area contributed by atoms with Crippen LogP contribution >= 0.6 is 11.6 Å². The minimum Gasteiger partial charge on any atom is -0.275 e. The third kappa shape index (κ3) is 6.57. The molecule has 0 saturated carbocycles. The topological polar surface area (TPSA) is 17.1 Å². The first-order valence-corrected chi connectivity index (χ1v) is 10.1. The third-order valence-electron chi connectivity index (χ3n) is 4.79. The minimum absolute atomic E-state index is 0.0817. The molecule has 0 radical (unpaired) electrons. The number of halogens is 2. The maximum atomic E-state index is 13.9. The van der Waals surface area contributed by atoms with Gasteiger partial charge in [0.05, 0.1) is 5.56 Å². The second-order valence-electron chi connectivity index (χ2n) is 6.89. The van der Waals surface area contributed by atoms with Gasteiger partial charge in [-0.25, -0.2) is 4.39 Å². The fraction of sp³-hybridized carbons (Fsp3) is 0.435. The quantitative estimate of drug-likeness (QED) is 0.293. The molecule has 3 heteroatoms. The maximum Gasteiger partial charge on any atom is 0.255 e. The molecule has 2 aromatic rings. The molecular formula is C23H28ClFO. The normalized spacial score (nSPS) is 10.9. The van der Waals surface area contributed by atoms with E-state index in [0.717, 1.165) is 17.5 Å². The average Bonchev–Trinajstić information content (AvgIpc) is 2.64. The van der Waals surface area contributed by atoms with E-state index in [4.69, 9.17) is 11.6 Å². The Labute approximate surface area is 161 Å². The van der Waals surface area contributed by atoms with Crippen LogP contribution in [0.4, 0.5) is 4.39 Å². The van der Waals surface area contributed by atoms with Crippen LogP contribution in [-0.4, -0.2) is 5.24 Å². The van der Waals surface area contributed by atoms with Crippen molar-refractivity contribution in [3.8, 4) is 11.1 Å². The summed E-state index contributed by atoms with van der Waals surface area (Å²) in [5.74, 6) is -0.578. The first-order valence-electron chi connectivity index (χ1n) is 9.70. The van der Waals surface area contributed by atoms with Gasteiger partial charge in [-0.2, -0.15) is 0 Å². The molecule has 0 saturated heterocycles. The lowest BCUT2D eigenvalue weighted by Gasteiger charge is -2.06. The van der Waals surface area contributed by atoms with Crippen LogP contribution in [0.1, 0.15) is 74.2 Å². The summed E-state index contributed by atoms with van der Waals surface area (Å²) in [5.41, 5.74) is 2.93. The Kier molecular flexibility index (Phi) is 8.84. The van der Waals surface area contributed by atoms with Gasteiger partial charge in [0.1, 0.15) is 5.82 Å². The van der Waals surface area contributed by atoms with Gasteiger partial charge in [0.25, 0.3) is 5.24 Å². The lowest BCUT2D eigenvalue weighted by molar-refractivity contribution is 0.107. The largest absolute Gasteiger partial charge is 0.275 e. The molecule has 0 aromatic heterocycles. The Hall–Kier alpha value is -1.67. The van der Waals surface area contributed by atoms with E-state index in [-0.39, 0.29) is 5.56 Å². The molecule has 2 rings (SSSR count). The highest BCUT2D eigenvalue weighted by Gasteiger charge is 2.10. The van der Waals surface area contributed by atoms with E-state index in [0.29, 0.717) is 0 Å². The summed E-state index contributed by atoms with van der Waals surface area (Å²) in [5, 5.41) is -0.769. The lowest BCUT2D eigenvalue weighted by Crippen LogP contribution is -1.94. The van der Waals surface area contributed by atoms with Crippen molar-refractivity contribution in [3.63, 3.8) is 0 Å². The SMILES string of the molecule is CCCCCCCCCCc1ccc(-c2ccc(C(=O)Cl)c(F)c2)cc1. The molecule has 0 spiro atoms.